The fourth-order valence-corrected chi connectivity index (χ4v) is 3.04. The van der Waals surface area contributed by atoms with Gasteiger partial charge in [-0.05, 0) is 43.7 Å². The monoisotopic (exact) mass is 443 g/mol. The van der Waals surface area contributed by atoms with Crippen LogP contribution in [0.3, 0.4) is 0 Å². The van der Waals surface area contributed by atoms with E-state index in [-0.39, 0.29) is 22.6 Å². The van der Waals surface area contributed by atoms with Crippen LogP contribution < -0.4 is 15.5 Å². The average Bonchev–Trinajstić information content (AvgIpc) is 2.73. The van der Waals surface area contributed by atoms with E-state index in [1.807, 2.05) is 0 Å². The smallest absolute Gasteiger partial charge is 0.272 e. The summed E-state index contributed by atoms with van der Waals surface area (Å²) in [6.45, 7) is 2.45. The highest BCUT2D eigenvalue weighted by atomic mass is 19.3. The number of aryl methyl sites for hydroxylation is 1. The van der Waals surface area contributed by atoms with Crippen LogP contribution in [0.15, 0.2) is 59.5 Å². The van der Waals surface area contributed by atoms with Crippen molar-refractivity contribution in [2.45, 2.75) is 25.9 Å². The molecule has 9 heteroatoms. The molecule has 168 valence electrons. The lowest BCUT2D eigenvalue weighted by Crippen LogP contribution is -2.26. The summed E-state index contributed by atoms with van der Waals surface area (Å²) in [4.78, 5) is 25.9. The first kappa shape index (κ1) is 23.1. The van der Waals surface area contributed by atoms with Gasteiger partial charge in [0.25, 0.3) is 12.3 Å². The summed E-state index contributed by atoms with van der Waals surface area (Å²) in [5.41, 5.74) is -0.657. The zero-order chi connectivity index (χ0) is 23.5. The number of hydrogen-bond acceptors (Lipinski definition) is 5. The van der Waals surface area contributed by atoms with Crippen LogP contribution in [0.2, 0.25) is 0 Å². The molecule has 0 aliphatic heterocycles. The number of benzene rings is 2. The predicted octanol–water partition coefficient (Wildman–Crippen LogP) is 3.57. The zero-order valence-electron chi connectivity index (χ0n) is 17.8. The van der Waals surface area contributed by atoms with Crippen molar-refractivity contribution in [3.63, 3.8) is 0 Å². The molecule has 0 aliphatic carbocycles. The maximum absolute atomic E-state index is 13.1. The number of rotatable bonds is 7. The largest absolute Gasteiger partial charge is 0.487 e. The fourth-order valence-electron chi connectivity index (χ4n) is 3.04. The van der Waals surface area contributed by atoms with Crippen molar-refractivity contribution >= 4 is 11.6 Å². The van der Waals surface area contributed by atoms with E-state index in [1.165, 1.54) is 23.0 Å². The van der Waals surface area contributed by atoms with E-state index in [9.17, 15) is 23.5 Å². The van der Waals surface area contributed by atoms with Gasteiger partial charge in [0.2, 0.25) is 5.43 Å². The summed E-state index contributed by atoms with van der Waals surface area (Å²) >= 11 is 0. The lowest BCUT2D eigenvalue weighted by molar-refractivity contribution is 0.0786. The Morgan fingerprint density at radius 3 is 2.47 bits per heavy atom. The molecule has 0 spiro atoms. The van der Waals surface area contributed by atoms with Gasteiger partial charge >= 0.3 is 0 Å². The molecule has 2 N–H and O–H groups in total. The van der Waals surface area contributed by atoms with Gasteiger partial charge < -0.3 is 15.2 Å². The van der Waals surface area contributed by atoms with Gasteiger partial charge in [0, 0.05) is 24.5 Å². The quantitative estimate of drug-likeness (QED) is 0.582. The van der Waals surface area contributed by atoms with Gasteiger partial charge in [0.1, 0.15) is 23.6 Å². The molecule has 3 aromatic rings. The number of anilines is 1. The number of carbonyl (C=O) groups excluding carboxylic acids is 1. The van der Waals surface area contributed by atoms with Gasteiger partial charge in [-0.3, -0.25) is 14.3 Å². The summed E-state index contributed by atoms with van der Waals surface area (Å²) in [6, 6.07) is 12.7. The van der Waals surface area contributed by atoms with Crippen LogP contribution in [0.1, 0.15) is 29.8 Å². The number of hydrogen-bond donors (Lipinski definition) is 2. The molecule has 32 heavy (non-hydrogen) atoms. The highest BCUT2D eigenvalue weighted by molar-refractivity contribution is 6.04. The molecule has 3 rings (SSSR count). The molecule has 7 nitrogen and oxygen atoms in total. The molecule has 0 atom stereocenters. The van der Waals surface area contributed by atoms with Gasteiger partial charge in [-0.2, -0.15) is 5.10 Å². The molecule has 0 radical (unpaired) electrons. The molecule has 1 aromatic heterocycles. The SMILES string of the molecule is Cn1cc(C(=O)Nc2ccc(C(C)(C)O)cc2)c(=O)c(-c2ccccc2OCC(F)F)n1. The topological polar surface area (TPSA) is 93.5 Å². The molecule has 0 saturated carbocycles. The van der Waals surface area contributed by atoms with Crippen molar-refractivity contribution in [1.29, 1.82) is 0 Å². The Kier molecular flexibility index (Phi) is 6.69. The Hall–Kier alpha value is -3.59. The fraction of sp³-hybridized carbons (Fsp3) is 0.261. The molecular weight excluding hydrogens is 420 g/mol. The van der Waals surface area contributed by atoms with Crippen LogP contribution in [0.4, 0.5) is 14.5 Å². The average molecular weight is 443 g/mol. The van der Waals surface area contributed by atoms with E-state index in [0.29, 0.717) is 11.3 Å². The molecule has 2 aromatic carbocycles. The van der Waals surface area contributed by atoms with Crippen molar-refractivity contribution < 1.29 is 23.4 Å². The van der Waals surface area contributed by atoms with Gasteiger partial charge in [0.05, 0.1) is 5.60 Å². The van der Waals surface area contributed by atoms with Crippen LogP contribution in [0.5, 0.6) is 5.75 Å². The Morgan fingerprint density at radius 2 is 1.84 bits per heavy atom. The maximum Gasteiger partial charge on any atom is 0.272 e. The van der Waals surface area contributed by atoms with E-state index in [0.717, 1.165) is 0 Å². The predicted molar refractivity (Wildman–Crippen MR) is 116 cm³/mol. The standard InChI is InChI=1S/C23H23F2N3O4/c1-23(2,31)14-8-10-15(11-9-14)26-22(30)17-12-28(3)27-20(21(17)29)16-6-4-5-7-18(16)32-13-19(24)25/h4-12,19,31H,13H2,1-3H3,(H,26,30). The molecular formula is C23H23F2N3O4. The van der Waals surface area contributed by atoms with Crippen LogP contribution in [-0.4, -0.2) is 33.8 Å². The number of para-hydroxylation sites is 1. The van der Waals surface area contributed by atoms with E-state index < -0.39 is 30.0 Å². The van der Waals surface area contributed by atoms with Gasteiger partial charge in [-0.15, -0.1) is 0 Å². The Bertz CT molecular complexity index is 1170. The van der Waals surface area contributed by atoms with Crippen molar-refractivity contribution in [1.82, 2.24) is 9.78 Å². The zero-order valence-corrected chi connectivity index (χ0v) is 17.8. The molecule has 0 fully saturated rings. The molecule has 0 aliphatic rings. The number of nitrogens with zero attached hydrogens (tertiary/aromatic N) is 2. The summed E-state index contributed by atoms with van der Waals surface area (Å²) < 4.78 is 31.6. The third kappa shape index (κ3) is 5.36. The minimum absolute atomic E-state index is 0.0668. The summed E-state index contributed by atoms with van der Waals surface area (Å²) in [7, 11) is 1.54. The minimum atomic E-state index is -2.68. The molecule has 0 saturated heterocycles. The van der Waals surface area contributed by atoms with Crippen LogP contribution in [0.25, 0.3) is 11.3 Å². The lowest BCUT2D eigenvalue weighted by atomic mass is 9.98. The second-order valence-corrected chi connectivity index (χ2v) is 7.68. The third-order valence-corrected chi connectivity index (χ3v) is 4.63. The molecule has 0 unspecified atom stereocenters. The first-order valence-electron chi connectivity index (χ1n) is 9.79. The van der Waals surface area contributed by atoms with Crippen molar-refractivity contribution in [2.75, 3.05) is 11.9 Å². The Balaban J connectivity index is 1.94. The summed E-state index contributed by atoms with van der Waals surface area (Å²) in [6.07, 6.45) is -1.40. The number of aromatic nitrogens is 2. The highest BCUT2D eigenvalue weighted by Gasteiger charge is 2.20. The minimum Gasteiger partial charge on any atom is -0.487 e. The number of alkyl halides is 2. The number of carbonyl (C=O) groups is 1. The summed E-state index contributed by atoms with van der Waals surface area (Å²) in [5.74, 6) is -0.589. The lowest BCUT2D eigenvalue weighted by Gasteiger charge is -2.18. The number of ether oxygens (including phenoxy) is 1. The van der Waals surface area contributed by atoms with Crippen LogP contribution >= 0.6 is 0 Å². The molecule has 1 heterocycles. The normalized spacial score (nSPS) is 11.5. The Labute approximate surface area is 183 Å². The first-order chi connectivity index (χ1) is 15.1. The maximum atomic E-state index is 13.1. The number of halogens is 2. The summed E-state index contributed by atoms with van der Waals surface area (Å²) in [5, 5.41) is 16.8. The number of nitrogens with one attached hydrogen (secondary N) is 1. The number of amides is 1. The number of aliphatic hydroxyl groups is 1. The van der Waals surface area contributed by atoms with Gasteiger partial charge in [-0.1, -0.05) is 24.3 Å². The van der Waals surface area contributed by atoms with E-state index in [1.54, 1.807) is 57.3 Å². The highest BCUT2D eigenvalue weighted by Crippen LogP contribution is 2.27. The van der Waals surface area contributed by atoms with Crippen molar-refractivity contribution in [3.05, 3.63) is 76.1 Å². The van der Waals surface area contributed by atoms with Gasteiger partial charge in [0.15, 0.2) is 0 Å². The van der Waals surface area contributed by atoms with E-state index in [2.05, 4.69) is 10.4 Å². The van der Waals surface area contributed by atoms with Crippen LogP contribution in [0, 0.1) is 0 Å². The Morgan fingerprint density at radius 1 is 1.19 bits per heavy atom. The molecule has 1 amide bonds. The van der Waals surface area contributed by atoms with Crippen molar-refractivity contribution in [2.24, 2.45) is 7.05 Å². The van der Waals surface area contributed by atoms with E-state index >= 15 is 0 Å². The second-order valence-electron chi connectivity index (χ2n) is 7.68. The second kappa shape index (κ2) is 9.27. The van der Waals surface area contributed by atoms with Crippen LogP contribution in [-0.2, 0) is 12.6 Å². The first-order valence-corrected chi connectivity index (χ1v) is 9.79. The molecule has 0 bridgehead atoms. The van der Waals surface area contributed by atoms with E-state index in [4.69, 9.17) is 4.74 Å². The van der Waals surface area contributed by atoms with Crippen molar-refractivity contribution in [3.8, 4) is 17.0 Å². The van der Waals surface area contributed by atoms with Gasteiger partial charge in [-0.25, -0.2) is 8.78 Å². The third-order valence-electron chi connectivity index (χ3n) is 4.63.